The number of benzene rings is 1. The van der Waals surface area contributed by atoms with Crippen LogP contribution in [0, 0.1) is 5.92 Å². The monoisotopic (exact) mass is 272 g/mol. The Bertz CT molecular complexity index is 600. The van der Waals surface area contributed by atoms with E-state index >= 15 is 0 Å². The van der Waals surface area contributed by atoms with Gasteiger partial charge in [0.2, 0.25) is 0 Å². The van der Waals surface area contributed by atoms with Gasteiger partial charge in [-0.3, -0.25) is 4.90 Å². The van der Waals surface area contributed by atoms with Crippen LogP contribution < -0.4 is 5.73 Å². The number of imidazole rings is 1. The van der Waals surface area contributed by atoms with Gasteiger partial charge in [-0.2, -0.15) is 0 Å². The Balaban J connectivity index is 1.91. The summed E-state index contributed by atoms with van der Waals surface area (Å²) in [6.45, 7) is 2.96. The lowest BCUT2D eigenvalue weighted by atomic mass is 10.1. The molecule has 0 bridgehead atoms. The van der Waals surface area contributed by atoms with Crippen molar-refractivity contribution >= 4 is 11.0 Å². The van der Waals surface area contributed by atoms with Crippen LogP contribution in [-0.2, 0) is 7.05 Å². The quantitative estimate of drug-likeness (QED) is 0.908. The van der Waals surface area contributed by atoms with Gasteiger partial charge in [-0.05, 0) is 44.9 Å². The van der Waals surface area contributed by atoms with Crippen molar-refractivity contribution in [3.63, 3.8) is 0 Å². The number of hydrogen-bond donors (Lipinski definition) is 1. The third-order valence-electron chi connectivity index (χ3n) is 4.74. The van der Waals surface area contributed by atoms with Gasteiger partial charge >= 0.3 is 0 Å². The Kier molecular flexibility index (Phi) is 3.52. The number of nitrogens with zero attached hydrogens (tertiary/aromatic N) is 3. The Hall–Kier alpha value is -1.39. The number of para-hydroxylation sites is 2. The van der Waals surface area contributed by atoms with Crippen molar-refractivity contribution in [3.8, 4) is 0 Å². The second-order valence-electron chi connectivity index (χ2n) is 6.00. The van der Waals surface area contributed by atoms with Gasteiger partial charge in [-0.1, -0.05) is 12.1 Å². The van der Waals surface area contributed by atoms with Crippen LogP contribution in [0.3, 0.4) is 0 Å². The van der Waals surface area contributed by atoms with Gasteiger partial charge in [0.15, 0.2) is 0 Å². The predicted octanol–water partition coefficient (Wildman–Crippen LogP) is 2.30. The molecule has 1 saturated carbocycles. The molecule has 1 aromatic heterocycles. The first-order valence-corrected chi connectivity index (χ1v) is 7.46. The summed E-state index contributed by atoms with van der Waals surface area (Å²) in [4.78, 5) is 7.21. The topological polar surface area (TPSA) is 47.1 Å². The fourth-order valence-electron chi connectivity index (χ4n) is 3.18. The van der Waals surface area contributed by atoms with E-state index in [9.17, 15) is 0 Å². The Morgan fingerprint density at radius 1 is 1.40 bits per heavy atom. The zero-order chi connectivity index (χ0) is 14.3. The van der Waals surface area contributed by atoms with Crippen molar-refractivity contribution in [1.29, 1.82) is 0 Å². The van der Waals surface area contributed by atoms with E-state index in [1.54, 1.807) is 0 Å². The lowest BCUT2D eigenvalue weighted by Gasteiger charge is -2.32. The summed E-state index contributed by atoms with van der Waals surface area (Å²) < 4.78 is 2.21. The molecule has 1 heterocycles. The minimum atomic E-state index is 0.279. The molecule has 0 spiro atoms. The van der Waals surface area contributed by atoms with Crippen molar-refractivity contribution in [1.82, 2.24) is 14.5 Å². The van der Waals surface area contributed by atoms with Gasteiger partial charge < -0.3 is 10.3 Å². The highest BCUT2D eigenvalue weighted by atomic mass is 15.2. The van der Waals surface area contributed by atoms with Crippen molar-refractivity contribution in [2.24, 2.45) is 18.7 Å². The van der Waals surface area contributed by atoms with Crippen LogP contribution in [0.1, 0.15) is 31.6 Å². The minimum Gasteiger partial charge on any atom is -0.330 e. The molecule has 0 amide bonds. The zero-order valence-corrected chi connectivity index (χ0v) is 12.6. The fourth-order valence-corrected chi connectivity index (χ4v) is 3.18. The molecular weight excluding hydrogens is 248 g/mol. The predicted molar refractivity (Wildman–Crippen MR) is 82.5 cm³/mol. The van der Waals surface area contributed by atoms with Gasteiger partial charge in [0, 0.05) is 19.6 Å². The number of hydrogen-bond acceptors (Lipinski definition) is 3. The average Bonchev–Trinajstić information content (AvgIpc) is 3.24. The lowest BCUT2D eigenvalue weighted by Crippen LogP contribution is -2.41. The molecule has 1 fully saturated rings. The molecule has 1 aliphatic carbocycles. The maximum absolute atomic E-state index is 5.97. The molecule has 108 valence electrons. The largest absolute Gasteiger partial charge is 0.330 e. The Morgan fingerprint density at radius 3 is 2.70 bits per heavy atom. The summed E-state index contributed by atoms with van der Waals surface area (Å²) >= 11 is 0. The van der Waals surface area contributed by atoms with E-state index < -0.39 is 0 Å². The van der Waals surface area contributed by atoms with E-state index in [0.29, 0.717) is 6.04 Å². The highest BCUT2D eigenvalue weighted by molar-refractivity contribution is 5.75. The van der Waals surface area contributed by atoms with Crippen molar-refractivity contribution in [2.45, 2.75) is 31.8 Å². The first-order valence-electron chi connectivity index (χ1n) is 7.46. The van der Waals surface area contributed by atoms with Crippen LogP contribution in [-0.4, -0.2) is 34.1 Å². The van der Waals surface area contributed by atoms with Crippen LogP contribution >= 0.6 is 0 Å². The van der Waals surface area contributed by atoms with E-state index in [0.717, 1.165) is 23.8 Å². The first-order chi connectivity index (χ1) is 9.63. The third kappa shape index (κ3) is 2.23. The molecule has 0 radical (unpaired) electrons. The molecule has 3 rings (SSSR count). The van der Waals surface area contributed by atoms with E-state index in [-0.39, 0.29) is 6.04 Å². The van der Waals surface area contributed by atoms with Gasteiger partial charge in [0.25, 0.3) is 0 Å². The summed E-state index contributed by atoms with van der Waals surface area (Å²) in [5.74, 6) is 1.90. The molecule has 2 N–H and O–H groups in total. The molecule has 0 aliphatic heterocycles. The van der Waals surface area contributed by atoms with Crippen LogP contribution in [0.5, 0.6) is 0 Å². The summed E-state index contributed by atoms with van der Waals surface area (Å²) in [7, 11) is 4.28. The second-order valence-corrected chi connectivity index (χ2v) is 6.00. The number of rotatable bonds is 5. The minimum absolute atomic E-state index is 0.279. The van der Waals surface area contributed by atoms with Gasteiger partial charge in [-0.15, -0.1) is 0 Å². The van der Waals surface area contributed by atoms with E-state index in [1.807, 2.05) is 6.07 Å². The fraction of sp³-hybridized carbons (Fsp3) is 0.562. The second kappa shape index (κ2) is 5.19. The molecular formula is C16H24N4. The van der Waals surface area contributed by atoms with E-state index in [1.165, 1.54) is 18.4 Å². The van der Waals surface area contributed by atoms with Crippen molar-refractivity contribution in [3.05, 3.63) is 30.1 Å². The highest BCUT2D eigenvalue weighted by Crippen LogP contribution is 2.37. The van der Waals surface area contributed by atoms with Crippen LogP contribution in [0.2, 0.25) is 0 Å². The summed E-state index contributed by atoms with van der Waals surface area (Å²) in [5.41, 5.74) is 8.24. The molecule has 2 aromatic rings. The number of fused-ring (bicyclic) bond motifs is 1. The van der Waals surface area contributed by atoms with Crippen molar-refractivity contribution in [2.75, 3.05) is 13.6 Å². The number of aromatic nitrogens is 2. The van der Waals surface area contributed by atoms with Gasteiger partial charge in [0.05, 0.1) is 17.1 Å². The zero-order valence-electron chi connectivity index (χ0n) is 12.6. The number of aryl methyl sites for hydroxylation is 1. The van der Waals surface area contributed by atoms with Gasteiger partial charge in [0.1, 0.15) is 5.82 Å². The molecule has 2 unspecified atom stereocenters. The summed E-state index contributed by atoms with van der Waals surface area (Å²) in [5, 5.41) is 0. The van der Waals surface area contributed by atoms with Crippen LogP contribution in [0.4, 0.5) is 0 Å². The van der Waals surface area contributed by atoms with Crippen LogP contribution in [0.25, 0.3) is 11.0 Å². The molecule has 4 heteroatoms. The van der Waals surface area contributed by atoms with Gasteiger partial charge in [-0.25, -0.2) is 4.98 Å². The number of nitrogens with two attached hydrogens (primary N) is 1. The number of likely N-dealkylation sites (N-methyl/N-ethyl adjacent to an activating group) is 1. The maximum Gasteiger partial charge on any atom is 0.126 e. The van der Waals surface area contributed by atoms with E-state index in [2.05, 4.69) is 48.7 Å². The van der Waals surface area contributed by atoms with E-state index in [4.69, 9.17) is 10.7 Å². The molecule has 4 nitrogen and oxygen atoms in total. The molecule has 0 saturated heterocycles. The maximum atomic E-state index is 5.97. The third-order valence-corrected chi connectivity index (χ3v) is 4.74. The van der Waals surface area contributed by atoms with Crippen LogP contribution in [0.15, 0.2) is 24.3 Å². The lowest BCUT2D eigenvalue weighted by molar-refractivity contribution is 0.162. The highest BCUT2D eigenvalue weighted by Gasteiger charge is 2.35. The molecule has 1 aromatic carbocycles. The normalized spacial score (nSPS) is 18.6. The molecule has 1 aliphatic rings. The summed E-state index contributed by atoms with van der Waals surface area (Å²) in [6, 6.07) is 9.06. The summed E-state index contributed by atoms with van der Waals surface area (Å²) in [6.07, 6.45) is 2.64. The Labute approximate surface area is 120 Å². The molecule has 2 atom stereocenters. The molecule has 20 heavy (non-hydrogen) atoms. The first kappa shape index (κ1) is 13.6. The Morgan fingerprint density at radius 2 is 2.10 bits per heavy atom. The van der Waals surface area contributed by atoms with Crippen molar-refractivity contribution < 1.29 is 0 Å². The standard InChI is InChI=1S/C16H24N4/c1-11(19(2)15(10-17)12-8-9-12)16-18-13-6-4-5-7-14(13)20(16)3/h4-7,11-12,15H,8-10,17H2,1-3H3. The average molecular weight is 272 g/mol. The smallest absolute Gasteiger partial charge is 0.126 e. The SMILES string of the molecule is CC(c1nc2ccccc2n1C)N(C)C(CN)C1CC1.